The molecule has 6 heteroatoms. The van der Waals surface area contributed by atoms with Gasteiger partial charge in [-0.3, -0.25) is 14.8 Å². The number of amides is 1. The van der Waals surface area contributed by atoms with E-state index in [1.165, 1.54) is 0 Å². The fourth-order valence-electron chi connectivity index (χ4n) is 1.26. The van der Waals surface area contributed by atoms with Gasteiger partial charge in [0.25, 0.3) is 0 Å². The maximum absolute atomic E-state index is 11.6. The summed E-state index contributed by atoms with van der Waals surface area (Å²) in [6, 6.07) is 1.70. The molecule has 2 rings (SSSR count). The van der Waals surface area contributed by atoms with Crippen LogP contribution in [-0.2, 0) is 11.8 Å². The van der Waals surface area contributed by atoms with Gasteiger partial charge >= 0.3 is 0 Å². The number of thioether (sulfide) groups is 1. The molecule has 1 atom stereocenters. The van der Waals surface area contributed by atoms with Gasteiger partial charge in [0.1, 0.15) is 0 Å². The Labute approximate surface area is 86.2 Å². The van der Waals surface area contributed by atoms with Crippen LogP contribution in [0.25, 0.3) is 0 Å². The Hall–Kier alpha value is -1.01. The van der Waals surface area contributed by atoms with E-state index in [1.54, 1.807) is 28.7 Å². The van der Waals surface area contributed by atoms with E-state index in [2.05, 4.69) is 15.7 Å². The minimum absolute atomic E-state index is 0.00583. The van der Waals surface area contributed by atoms with E-state index in [0.717, 1.165) is 11.6 Å². The van der Waals surface area contributed by atoms with Gasteiger partial charge in [0.2, 0.25) is 5.91 Å². The van der Waals surface area contributed by atoms with E-state index in [9.17, 15) is 4.79 Å². The Morgan fingerprint density at radius 1 is 1.86 bits per heavy atom. The normalized spacial score (nSPS) is 21.1. The van der Waals surface area contributed by atoms with Crippen LogP contribution < -0.4 is 10.6 Å². The number of aryl methyl sites for hydroxylation is 1. The number of rotatable bonds is 2. The second-order valence-corrected chi connectivity index (χ2v) is 4.17. The summed E-state index contributed by atoms with van der Waals surface area (Å²) in [5.74, 6) is 2.28. The molecule has 14 heavy (non-hydrogen) atoms. The topological polar surface area (TPSA) is 59.0 Å². The van der Waals surface area contributed by atoms with Crippen molar-refractivity contribution in [2.24, 2.45) is 7.05 Å². The maximum atomic E-state index is 11.6. The molecule has 76 valence electrons. The Bertz CT molecular complexity index is 332. The highest BCUT2D eigenvalue weighted by Crippen LogP contribution is 2.11. The molecule has 1 aromatic heterocycles. The molecule has 0 aromatic carbocycles. The number of nitrogens with one attached hydrogen (secondary N) is 2. The van der Waals surface area contributed by atoms with Gasteiger partial charge in [-0.1, -0.05) is 0 Å². The zero-order valence-electron chi connectivity index (χ0n) is 7.86. The third kappa shape index (κ3) is 2.08. The van der Waals surface area contributed by atoms with Crippen LogP contribution in [-0.4, -0.2) is 33.4 Å². The van der Waals surface area contributed by atoms with Gasteiger partial charge in [0, 0.05) is 30.9 Å². The molecule has 0 aliphatic carbocycles. The monoisotopic (exact) mass is 212 g/mol. The second kappa shape index (κ2) is 4.02. The SMILES string of the molecule is Cn1ccc(NC(=O)C2CSCN2)n1. The van der Waals surface area contributed by atoms with Crippen LogP contribution in [0.1, 0.15) is 0 Å². The number of hydrogen-bond donors (Lipinski definition) is 2. The van der Waals surface area contributed by atoms with Gasteiger partial charge in [-0.2, -0.15) is 5.10 Å². The fourth-order valence-corrected chi connectivity index (χ4v) is 2.20. The molecule has 0 bridgehead atoms. The third-order valence-electron chi connectivity index (χ3n) is 2.00. The molecule has 1 unspecified atom stereocenters. The van der Waals surface area contributed by atoms with Crippen molar-refractivity contribution >= 4 is 23.5 Å². The van der Waals surface area contributed by atoms with Gasteiger partial charge in [-0.15, -0.1) is 11.8 Å². The standard InChI is InChI=1S/C8H12N4OS/c1-12-3-2-7(11-12)10-8(13)6-4-14-5-9-6/h2-3,6,9H,4-5H2,1H3,(H,10,11,13). The first-order valence-corrected chi connectivity index (χ1v) is 5.53. The lowest BCUT2D eigenvalue weighted by Gasteiger charge is -2.07. The molecule has 1 fully saturated rings. The summed E-state index contributed by atoms with van der Waals surface area (Å²) in [4.78, 5) is 11.6. The molecular formula is C8H12N4OS. The highest BCUT2D eigenvalue weighted by molar-refractivity contribution is 7.99. The van der Waals surface area contributed by atoms with E-state index >= 15 is 0 Å². The number of aromatic nitrogens is 2. The summed E-state index contributed by atoms with van der Waals surface area (Å²) < 4.78 is 1.66. The van der Waals surface area contributed by atoms with E-state index in [-0.39, 0.29) is 11.9 Å². The fraction of sp³-hybridized carbons (Fsp3) is 0.500. The average Bonchev–Trinajstić information content (AvgIpc) is 2.75. The highest BCUT2D eigenvalue weighted by Gasteiger charge is 2.22. The first kappa shape index (κ1) is 9.54. The van der Waals surface area contributed by atoms with Crippen molar-refractivity contribution in [1.29, 1.82) is 0 Å². The minimum atomic E-state index is -0.0815. The van der Waals surface area contributed by atoms with Gasteiger partial charge in [0.05, 0.1) is 6.04 Å². The average molecular weight is 212 g/mol. The smallest absolute Gasteiger partial charge is 0.243 e. The van der Waals surface area contributed by atoms with Crippen LogP contribution in [0.15, 0.2) is 12.3 Å². The summed E-state index contributed by atoms with van der Waals surface area (Å²) in [7, 11) is 1.82. The minimum Gasteiger partial charge on any atom is -0.308 e. The Kier molecular flexibility index (Phi) is 2.74. The summed E-state index contributed by atoms with van der Waals surface area (Å²) in [6.07, 6.45) is 1.80. The van der Waals surface area contributed by atoms with Crippen LogP contribution in [0.4, 0.5) is 5.82 Å². The number of carbonyl (C=O) groups is 1. The second-order valence-electron chi connectivity index (χ2n) is 3.14. The molecule has 0 spiro atoms. The van der Waals surface area contributed by atoms with E-state index < -0.39 is 0 Å². The van der Waals surface area contributed by atoms with Crippen molar-refractivity contribution < 1.29 is 4.79 Å². The summed E-state index contributed by atoms with van der Waals surface area (Å²) >= 11 is 1.73. The molecule has 2 heterocycles. The Morgan fingerprint density at radius 3 is 3.29 bits per heavy atom. The van der Waals surface area contributed by atoms with Crippen molar-refractivity contribution in [1.82, 2.24) is 15.1 Å². The predicted octanol–water partition coefficient (Wildman–Crippen LogP) is 0.0211. The number of nitrogens with zero attached hydrogens (tertiary/aromatic N) is 2. The van der Waals surface area contributed by atoms with E-state index in [4.69, 9.17) is 0 Å². The molecule has 0 saturated carbocycles. The molecule has 1 aliphatic heterocycles. The van der Waals surface area contributed by atoms with Crippen molar-refractivity contribution in [3.63, 3.8) is 0 Å². The zero-order chi connectivity index (χ0) is 9.97. The van der Waals surface area contributed by atoms with Crippen molar-refractivity contribution in [2.75, 3.05) is 16.9 Å². The highest BCUT2D eigenvalue weighted by atomic mass is 32.2. The van der Waals surface area contributed by atoms with Crippen molar-refractivity contribution in [2.45, 2.75) is 6.04 Å². The molecule has 2 N–H and O–H groups in total. The summed E-state index contributed by atoms with van der Waals surface area (Å²) in [6.45, 7) is 0. The quantitative estimate of drug-likeness (QED) is 0.725. The lowest BCUT2D eigenvalue weighted by Crippen LogP contribution is -2.37. The van der Waals surface area contributed by atoms with E-state index in [1.807, 2.05) is 7.05 Å². The molecule has 0 radical (unpaired) electrons. The Balaban J connectivity index is 1.93. The number of anilines is 1. The Morgan fingerprint density at radius 2 is 2.71 bits per heavy atom. The van der Waals surface area contributed by atoms with Crippen molar-refractivity contribution in [3.05, 3.63) is 12.3 Å². The number of carbonyl (C=O) groups excluding carboxylic acids is 1. The van der Waals surface area contributed by atoms with Crippen LogP contribution in [0.3, 0.4) is 0 Å². The van der Waals surface area contributed by atoms with Crippen LogP contribution in [0.2, 0.25) is 0 Å². The predicted molar refractivity (Wildman–Crippen MR) is 56.1 cm³/mol. The molecule has 1 aliphatic rings. The summed E-state index contributed by atoms with van der Waals surface area (Å²) in [5, 5.41) is 9.93. The summed E-state index contributed by atoms with van der Waals surface area (Å²) in [5.41, 5.74) is 0. The van der Waals surface area contributed by atoms with Gasteiger partial charge in [0.15, 0.2) is 5.82 Å². The van der Waals surface area contributed by atoms with Gasteiger partial charge in [-0.05, 0) is 0 Å². The zero-order valence-corrected chi connectivity index (χ0v) is 8.67. The van der Waals surface area contributed by atoms with E-state index in [0.29, 0.717) is 5.82 Å². The van der Waals surface area contributed by atoms with Crippen molar-refractivity contribution in [3.8, 4) is 0 Å². The lowest BCUT2D eigenvalue weighted by molar-refractivity contribution is -0.117. The largest absolute Gasteiger partial charge is 0.308 e. The molecular weight excluding hydrogens is 200 g/mol. The molecule has 1 saturated heterocycles. The lowest BCUT2D eigenvalue weighted by atomic mass is 10.3. The molecule has 1 aromatic rings. The molecule has 5 nitrogen and oxygen atoms in total. The van der Waals surface area contributed by atoms with Crippen LogP contribution in [0.5, 0.6) is 0 Å². The van der Waals surface area contributed by atoms with Crippen LogP contribution >= 0.6 is 11.8 Å². The van der Waals surface area contributed by atoms with Gasteiger partial charge < -0.3 is 5.32 Å². The number of hydrogen-bond acceptors (Lipinski definition) is 4. The third-order valence-corrected chi connectivity index (χ3v) is 2.94. The molecule has 1 amide bonds. The van der Waals surface area contributed by atoms with Gasteiger partial charge in [-0.25, -0.2) is 0 Å². The first-order chi connectivity index (χ1) is 6.75. The van der Waals surface area contributed by atoms with Crippen LogP contribution in [0, 0.1) is 0 Å². The maximum Gasteiger partial charge on any atom is 0.243 e. The first-order valence-electron chi connectivity index (χ1n) is 4.37.